The highest BCUT2D eigenvalue weighted by atomic mass is 32.2. The number of fused-ring (bicyclic) bond motifs is 3. The van der Waals surface area contributed by atoms with Crippen molar-refractivity contribution in [1.82, 2.24) is 4.98 Å². The standard InChI is InChI=1S/C15H18N2O3S/c16-12-3-4-14-13(7-12)17-15(20-14)21(18,19)8-11-6-9-1-2-10(11)5-9/h3-4,7,9-11H,1-2,5-6,8,16H2. The summed E-state index contributed by atoms with van der Waals surface area (Å²) in [5.41, 5.74) is 7.20. The number of nitrogen functional groups attached to an aromatic ring is 1. The number of nitrogens with two attached hydrogens (primary N) is 1. The molecule has 112 valence electrons. The zero-order chi connectivity index (χ0) is 14.6. The third kappa shape index (κ3) is 2.21. The molecule has 2 aromatic rings. The quantitative estimate of drug-likeness (QED) is 0.881. The zero-order valence-electron chi connectivity index (χ0n) is 11.7. The van der Waals surface area contributed by atoms with Gasteiger partial charge in [-0.15, -0.1) is 0 Å². The molecule has 2 saturated carbocycles. The summed E-state index contributed by atoms with van der Waals surface area (Å²) < 4.78 is 30.5. The van der Waals surface area contributed by atoms with Crippen LogP contribution < -0.4 is 5.73 Å². The molecule has 3 unspecified atom stereocenters. The molecule has 5 nitrogen and oxygen atoms in total. The van der Waals surface area contributed by atoms with Crippen molar-refractivity contribution in [2.24, 2.45) is 17.8 Å². The van der Waals surface area contributed by atoms with E-state index in [1.807, 2.05) is 0 Å². The van der Waals surface area contributed by atoms with Crippen LogP contribution >= 0.6 is 0 Å². The van der Waals surface area contributed by atoms with Gasteiger partial charge in [0.1, 0.15) is 5.52 Å². The molecule has 6 heteroatoms. The Morgan fingerprint density at radius 1 is 1.29 bits per heavy atom. The first-order valence-electron chi connectivity index (χ1n) is 7.40. The van der Waals surface area contributed by atoms with Crippen molar-refractivity contribution < 1.29 is 12.8 Å². The van der Waals surface area contributed by atoms with E-state index in [9.17, 15) is 8.42 Å². The van der Waals surface area contributed by atoms with Crippen LogP contribution in [0.25, 0.3) is 11.1 Å². The van der Waals surface area contributed by atoms with Crippen LogP contribution in [0.1, 0.15) is 25.7 Å². The van der Waals surface area contributed by atoms with Crippen LogP contribution in [0.4, 0.5) is 5.69 Å². The maximum absolute atomic E-state index is 12.5. The first-order chi connectivity index (χ1) is 10.0. The van der Waals surface area contributed by atoms with E-state index < -0.39 is 9.84 Å². The van der Waals surface area contributed by atoms with Gasteiger partial charge in [-0.3, -0.25) is 0 Å². The number of hydrogen-bond donors (Lipinski definition) is 1. The fourth-order valence-corrected chi connectivity index (χ4v) is 5.56. The van der Waals surface area contributed by atoms with Gasteiger partial charge in [0.25, 0.3) is 0 Å². The van der Waals surface area contributed by atoms with Crippen LogP contribution in [-0.2, 0) is 9.84 Å². The molecule has 2 N–H and O–H groups in total. The molecule has 2 bridgehead atoms. The van der Waals surface area contributed by atoms with Gasteiger partial charge in [0.05, 0.1) is 5.75 Å². The van der Waals surface area contributed by atoms with Crippen molar-refractivity contribution in [2.75, 3.05) is 11.5 Å². The molecule has 2 fully saturated rings. The Morgan fingerprint density at radius 2 is 2.14 bits per heavy atom. The number of aromatic nitrogens is 1. The number of hydrogen-bond acceptors (Lipinski definition) is 5. The second-order valence-electron chi connectivity index (χ2n) is 6.42. The molecule has 1 aromatic heterocycles. The Bertz CT molecular complexity index is 796. The van der Waals surface area contributed by atoms with E-state index in [4.69, 9.17) is 10.2 Å². The molecule has 21 heavy (non-hydrogen) atoms. The largest absolute Gasteiger partial charge is 0.428 e. The zero-order valence-corrected chi connectivity index (χ0v) is 12.5. The Morgan fingerprint density at radius 3 is 2.86 bits per heavy atom. The lowest BCUT2D eigenvalue weighted by atomic mass is 9.90. The van der Waals surface area contributed by atoms with Crippen LogP contribution in [0.2, 0.25) is 0 Å². The number of sulfone groups is 1. The summed E-state index contributed by atoms with van der Waals surface area (Å²) in [5, 5.41) is -0.161. The molecule has 4 rings (SSSR count). The highest BCUT2D eigenvalue weighted by Crippen LogP contribution is 2.49. The molecule has 0 spiro atoms. The minimum absolute atomic E-state index is 0.161. The van der Waals surface area contributed by atoms with E-state index in [-0.39, 0.29) is 16.9 Å². The van der Waals surface area contributed by atoms with E-state index in [1.165, 1.54) is 19.3 Å². The molecular formula is C15H18N2O3S. The van der Waals surface area contributed by atoms with Crippen molar-refractivity contribution in [3.05, 3.63) is 18.2 Å². The van der Waals surface area contributed by atoms with E-state index >= 15 is 0 Å². The summed E-state index contributed by atoms with van der Waals surface area (Å²) in [6, 6.07) is 4.98. The van der Waals surface area contributed by atoms with Crippen LogP contribution in [0.15, 0.2) is 27.8 Å². The van der Waals surface area contributed by atoms with Gasteiger partial charge in [-0.2, -0.15) is 4.98 Å². The van der Waals surface area contributed by atoms with Crippen molar-refractivity contribution in [1.29, 1.82) is 0 Å². The first kappa shape index (κ1) is 13.1. The molecule has 0 aliphatic heterocycles. The first-order valence-corrected chi connectivity index (χ1v) is 9.05. The molecule has 0 radical (unpaired) electrons. The highest BCUT2D eigenvalue weighted by molar-refractivity contribution is 7.91. The van der Waals surface area contributed by atoms with Crippen LogP contribution in [0.5, 0.6) is 0 Å². The third-order valence-electron chi connectivity index (χ3n) is 4.98. The number of nitrogens with zero attached hydrogens (tertiary/aromatic N) is 1. The summed E-state index contributed by atoms with van der Waals surface area (Å²) in [5.74, 6) is 1.74. The van der Waals surface area contributed by atoms with E-state index in [1.54, 1.807) is 18.2 Å². The maximum atomic E-state index is 12.5. The van der Waals surface area contributed by atoms with Crippen LogP contribution in [-0.4, -0.2) is 19.2 Å². The van der Waals surface area contributed by atoms with Gasteiger partial charge < -0.3 is 10.2 Å². The van der Waals surface area contributed by atoms with Gasteiger partial charge in [-0.1, -0.05) is 6.42 Å². The molecule has 2 aliphatic rings. The molecule has 0 amide bonds. The maximum Gasteiger partial charge on any atom is 0.316 e. The molecule has 3 atom stereocenters. The Labute approximate surface area is 123 Å². The third-order valence-corrected chi connectivity index (χ3v) is 6.55. The summed E-state index contributed by atoms with van der Waals surface area (Å²) in [7, 11) is -3.46. The summed E-state index contributed by atoms with van der Waals surface area (Å²) >= 11 is 0. The lowest BCUT2D eigenvalue weighted by Gasteiger charge is -2.20. The van der Waals surface area contributed by atoms with E-state index in [0.29, 0.717) is 22.7 Å². The summed E-state index contributed by atoms with van der Waals surface area (Å²) in [6.07, 6.45) is 4.68. The fraction of sp³-hybridized carbons (Fsp3) is 0.533. The van der Waals surface area contributed by atoms with Crippen LogP contribution in [0.3, 0.4) is 0 Å². The SMILES string of the molecule is Nc1ccc2oc(S(=O)(=O)CC3CC4CCC3C4)nc2c1. The normalized spacial score (nSPS) is 28.5. The Hall–Kier alpha value is -1.56. The lowest BCUT2D eigenvalue weighted by molar-refractivity contribution is 0.356. The molecule has 1 heterocycles. The minimum atomic E-state index is -3.46. The lowest BCUT2D eigenvalue weighted by Crippen LogP contribution is -2.21. The number of rotatable bonds is 3. The topological polar surface area (TPSA) is 86.2 Å². The average Bonchev–Trinajstić information content (AvgIpc) is 3.11. The summed E-state index contributed by atoms with van der Waals surface area (Å²) in [4.78, 5) is 4.11. The van der Waals surface area contributed by atoms with Crippen molar-refractivity contribution in [3.63, 3.8) is 0 Å². The van der Waals surface area contributed by atoms with Gasteiger partial charge in [-0.05, 0) is 55.2 Å². The van der Waals surface area contributed by atoms with Gasteiger partial charge in [0.15, 0.2) is 5.58 Å². The molecule has 0 saturated heterocycles. The monoisotopic (exact) mass is 306 g/mol. The average molecular weight is 306 g/mol. The summed E-state index contributed by atoms with van der Waals surface area (Å²) in [6.45, 7) is 0. The molecule has 2 aliphatic carbocycles. The minimum Gasteiger partial charge on any atom is -0.428 e. The van der Waals surface area contributed by atoms with Crippen molar-refractivity contribution in [3.8, 4) is 0 Å². The fourth-order valence-electron chi connectivity index (χ4n) is 3.99. The Kier molecular flexibility index (Phi) is 2.79. The number of benzene rings is 1. The highest BCUT2D eigenvalue weighted by Gasteiger charge is 2.42. The van der Waals surface area contributed by atoms with E-state index in [2.05, 4.69) is 4.98 Å². The van der Waals surface area contributed by atoms with Gasteiger partial charge in [0, 0.05) is 5.69 Å². The van der Waals surface area contributed by atoms with Crippen molar-refractivity contribution in [2.45, 2.75) is 30.9 Å². The number of anilines is 1. The molecular weight excluding hydrogens is 288 g/mol. The smallest absolute Gasteiger partial charge is 0.316 e. The van der Waals surface area contributed by atoms with Gasteiger partial charge in [-0.25, -0.2) is 8.42 Å². The predicted octanol–water partition coefficient (Wildman–Crippen LogP) is 2.62. The molecule has 1 aromatic carbocycles. The predicted molar refractivity (Wildman–Crippen MR) is 79.4 cm³/mol. The van der Waals surface area contributed by atoms with Crippen LogP contribution in [0, 0.1) is 17.8 Å². The Balaban J connectivity index is 1.63. The van der Waals surface area contributed by atoms with Gasteiger partial charge >= 0.3 is 5.22 Å². The van der Waals surface area contributed by atoms with E-state index in [0.717, 1.165) is 12.3 Å². The second kappa shape index (κ2) is 4.47. The van der Waals surface area contributed by atoms with Crippen molar-refractivity contribution >= 4 is 26.6 Å². The number of oxazole rings is 1. The second-order valence-corrected chi connectivity index (χ2v) is 8.34. The van der Waals surface area contributed by atoms with Gasteiger partial charge in [0.2, 0.25) is 9.84 Å².